The molecule has 0 aromatic rings. The van der Waals surface area contributed by atoms with Gasteiger partial charge < -0.3 is 4.74 Å². The Bertz CT molecular complexity index is 130. The maximum Gasteiger partial charge on any atom is 0.220 e. The van der Waals surface area contributed by atoms with E-state index in [4.69, 9.17) is 17.0 Å². The van der Waals surface area contributed by atoms with Gasteiger partial charge in [0.1, 0.15) is 0 Å². The minimum Gasteiger partial charge on any atom is -0.479 e. The minimum atomic E-state index is 0.707. The van der Waals surface area contributed by atoms with Crippen LogP contribution in [0.1, 0.15) is 32.6 Å². The van der Waals surface area contributed by atoms with Crippen LogP contribution in [0.3, 0.4) is 0 Å². The summed E-state index contributed by atoms with van der Waals surface area (Å²) in [6.07, 6.45) is 5.37. The summed E-state index contributed by atoms with van der Waals surface area (Å²) in [5, 5.41) is 0.744. The van der Waals surface area contributed by atoms with Crippen molar-refractivity contribution in [1.82, 2.24) is 0 Å². The molecule has 1 fully saturated rings. The van der Waals surface area contributed by atoms with E-state index in [-0.39, 0.29) is 0 Å². The van der Waals surface area contributed by atoms with Crippen LogP contribution in [-0.2, 0) is 4.74 Å². The molecule has 64 valence electrons. The predicted octanol–water partition coefficient (Wildman–Crippen LogP) is 2.98. The normalized spacial score (nSPS) is 18.6. The first kappa shape index (κ1) is 9.33. The van der Waals surface area contributed by atoms with Gasteiger partial charge in [0.05, 0.1) is 6.61 Å². The quantitative estimate of drug-likeness (QED) is 0.620. The molecule has 0 N–H and O–H groups in total. The Morgan fingerprint density at radius 1 is 1.55 bits per heavy atom. The van der Waals surface area contributed by atoms with E-state index in [1.54, 1.807) is 11.8 Å². The van der Waals surface area contributed by atoms with Crippen molar-refractivity contribution in [1.29, 1.82) is 0 Å². The molecule has 0 heterocycles. The summed E-state index contributed by atoms with van der Waals surface area (Å²) in [7, 11) is 0. The van der Waals surface area contributed by atoms with E-state index in [0.29, 0.717) is 6.61 Å². The Labute approximate surface area is 77.9 Å². The zero-order valence-electron chi connectivity index (χ0n) is 6.84. The number of thiocarbonyl (C=S) groups is 1. The van der Waals surface area contributed by atoms with Crippen LogP contribution in [0, 0.1) is 0 Å². The van der Waals surface area contributed by atoms with Gasteiger partial charge in [0.2, 0.25) is 4.38 Å². The highest BCUT2D eigenvalue weighted by molar-refractivity contribution is 8.23. The largest absolute Gasteiger partial charge is 0.479 e. The van der Waals surface area contributed by atoms with Gasteiger partial charge in [0, 0.05) is 5.25 Å². The van der Waals surface area contributed by atoms with E-state index in [2.05, 4.69) is 0 Å². The first-order valence-corrected chi connectivity index (χ1v) is 5.45. The number of hydrogen-bond donors (Lipinski definition) is 0. The summed E-state index contributed by atoms with van der Waals surface area (Å²) in [5.74, 6) is 0. The molecule has 0 unspecified atom stereocenters. The SMILES string of the molecule is CCOC(=S)SC1CCCC1. The maximum atomic E-state index is 5.20. The highest BCUT2D eigenvalue weighted by Gasteiger charge is 2.17. The lowest BCUT2D eigenvalue weighted by Gasteiger charge is -2.08. The molecule has 1 nitrogen and oxygen atoms in total. The van der Waals surface area contributed by atoms with Crippen LogP contribution in [0.5, 0.6) is 0 Å². The summed E-state index contributed by atoms with van der Waals surface area (Å²) < 4.78 is 5.93. The van der Waals surface area contributed by atoms with Gasteiger partial charge in [-0.05, 0) is 32.0 Å². The Morgan fingerprint density at radius 2 is 2.18 bits per heavy atom. The lowest BCUT2D eigenvalue weighted by atomic mass is 10.4. The van der Waals surface area contributed by atoms with Gasteiger partial charge in [-0.1, -0.05) is 24.6 Å². The van der Waals surface area contributed by atoms with Gasteiger partial charge in [-0.3, -0.25) is 0 Å². The second-order valence-corrected chi connectivity index (χ2v) is 4.61. The van der Waals surface area contributed by atoms with Crippen molar-refractivity contribution in [3.05, 3.63) is 0 Å². The summed E-state index contributed by atoms with van der Waals surface area (Å²) >= 11 is 6.77. The molecule has 0 aromatic carbocycles. The summed E-state index contributed by atoms with van der Waals surface area (Å²) in [4.78, 5) is 0. The Kier molecular flexibility index (Phi) is 4.23. The predicted molar refractivity (Wildman–Crippen MR) is 54.1 cm³/mol. The van der Waals surface area contributed by atoms with Crippen molar-refractivity contribution in [2.45, 2.75) is 37.9 Å². The second-order valence-electron chi connectivity index (χ2n) is 2.71. The second kappa shape index (κ2) is 4.99. The summed E-state index contributed by atoms with van der Waals surface area (Å²) in [5.41, 5.74) is 0. The lowest BCUT2D eigenvalue weighted by molar-refractivity contribution is 0.346. The highest BCUT2D eigenvalue weighted by Crippen LogP contribution is 2.30. The summed E-state index contributed by atoms with van der Waals surface area (Å²) in [6.45, 7) is 2.68. The Balaban J connectivity index is 2.13. The van der Waals surface area contributed by atoms with Crippen LogP contribution in [0.25, 0.3) is 0 Å². The third-order valence-corrected chi connectivity index (χ3v) is 3.35. The van der Waals surface area contributed by atoms with Crippen molar-refractivity contribution in [2.24, 2.45) is 0 Å². The van der Waals surface area contributed by atoms with E-state index in [9.17, 15) is 0 Å². The standard InChI is InChI=1S/C8H14OS2/c1-2-9-8(10)11-7-5-3-4-6-7/h7H,2-6H2,1H3. The molecule has 0 atom stereocenters. The van der Waals surface area contributed by atoms with Crippen molar-refractivity contribution in [2.75, 3.05) is 6.61 Å². The van der Waals surface area contributed by atoms with E-state index < -0.39 is 0 Å². The Hall–Kier alpha value is 0.240. The number of hydrogen-bond acceptors (Lipinski definition) is 3. The van der Waals surface area contributed by atoms with Gasteiger partial charge >= 0.3 is 0 Å². The molecule has 0 amide bonds. The average Bonchev–Trinajstić information content (AvgIpc) is 2.40. The van der Waals surface area contributed by atoms with Crippen molar-refractivity contribution >= 4 is 28.4 Å². The molecular formula is C8H14OS2. The van der Waals surface area contributed by atoms with Crippen LogP contribution in [0.15, 0.2) is 0 Å². The van der Waals surface area contributed by atoms with Crippen LogP contribution >= 0.6 is 24.0 Å². The fourth-order valence-corrected chi connectivity index (χ4v) is 2.85. The zero-order valence-corrected chi connectivity index (χ0v) is 8.47. The first-order chi connectivity index (χ1) is 5.33. The molecule has 0 aromatic heterocycles. The first-order valence-electron chi connectivity index (χ1n) is 4.16. The van der Waals surface area contributed by atoms with Crippen LogP contribution in [-0.4, -0.2) is 16.2 Å². The van der Waals surface area contributed by atoms with Gasteiger partial charge in [0.15, 0.2) is 0 Å². The monoisotopic (exact) mass is 190 g/mol. The van der Waals surface area contributed by atoms with Gasteiger partial charge in [0.25, 0.3) is 0 Å². The fraction of sp³-hybridized carbons (Fsp3) is 0.875. The third-order valence-electron chi connectivity index (χ3n) is 1.83. The van der Waals surface area contributed by atoms with Crippen LogP contribution in [0.2, 0.25) is 0 Å². The lowest BCUT2D eigenvalue weighted by Crippen LogP contribution is -2.03. The smallest absolute Gasteiger partial charge is 0.220 e. The highest BCUT2D eigenvalue weighted by atomic mass is 32.2. The molecule has 0 bridgehead atoms. The van der Waals surface area contributed by atoms with Crippen molar-refractivity contribution in [3.8, 4) is 0 Å². The van der Waals surface area contributed by atoms with Gasteiger partial charge in [-0.15, -0.1) is 0 Å². The molecule has 1 rings (SSSR count). The van der Waals surface area contributed by atoms with Crippen molar-refractivity contribution < 1.29 is 4.74 Å². The molecule has 11 heavy (non-hydrogen) atoms. The third kappa shape index (κ3) is 3.43. The minimum absolute atomic E-state index is 0.707. The molecule has 1 aliphatic carbocycles. The van der Waals surface area contributed by atoms with Crippen molar-refractivity contribution in [3.63, 3.8) is 0 Å². The van der Waals surface area contributed by atoms with E-state index in [1.807, 2.05) is 6.92 Å². The molecule has 0 saturated heterocycles. The molecule has 0 radical (unpaired) electrons. The topological polar surface area (TPSA) is 9.23 Å². The van der Waals surface area contributed by atoms with Gasteiger partial charge in [-0.25, -0.2) is 0 Å². The fourth-order valence-electron chi connectivity index (χ4n) is 1.29. The summed E-state index contributed by atoms with van der Waals surface area (Å²) in [6, 6.07) is 0. The number of rotatable bonds is 2. The van der Waals surface area contributed by atoms with Gasteiger partial charge in [-0.2, -0.15) is 0 Å². The molecule has 1 saturated carbocycles. The maximum absolute atomic E-state index is 5.20. The molecule has 0 aliphatic heterocycles. The van der Waals surface area contributed by atoms with Crippen LogP contribution in [0.4, 0.5) is 0 Å². The van der Waals surface area contributed by atoms with Crippen LogP contribution < -0.4 is 0 Å². The molecule has 3 heteroatoms. The number of thioether (sulfide) groups is 1. The number of ether oxygens (including phenoxy) is 1. The molecule has 0 spiro atoms. The zero-order chi connectivity index (χ0) is 8.10. The average molecular weight is 190 g/mol. The molecule has 1 aliphatic rings. The van der Waals surface area contributed by atoms with E-state index in [1.165, 1.54) is 25.7 Å². The molecular weight excluding hydrogens is 176 g/mol. The van der Waals surface area contributed by atoms with E-state index >= 15 is 0 Å². The Morgan fingerprint density at radius 3 is 2.73 bits per heavy atom. The van der Waals surface area contributed by atoms with E-state index in [0.717, 1.165) is 9.63 Å².